The van der Waals surface area contributed by atoms with E-state index in [0.29, 0.717) is 13.0 Å². The summed E-state index contributed by atoms with van der Waals surface area (Å²) in [6.07, 6.45) is 2.41. The van der Waals surface area contributed by atoms with E-state index in [1.165, 1.54) is 6.07 Å². The number of aryl methyl sites for hydroxylation is 1. The molecule has 2 rings (SSSR count). The van der Waals surface area contributed by atoms with E-state index in [1.54, 1.807) is 4.68 Å². The number of carbonyl (C=O) groups is 1. The van der Waals surface area contributed by atoms with E-state index in [4.69, 9.17) is 0 Å². The second kappa shape index (κ2) is 5.51. The molecule has 0 aliphatic heterocycles. The van der Waals surface area contributed by atoms with E-state index in [-0.39, 0.29) is 11.3 Å². The highest BCUT2D eigenvalue weighted by Crippen LogP contribution is 2.17. The number of phenolic OH excluding ortho intramolecular Hbond substituents is 1. The van der Waals surface area contributed by atoms with Crippen LogP contribution in [0.15, 0.2) is 30.5 Å². The number of hydrogen-bond donors (Lipinski definition) is 2. The number of nitrogens with zero attached hydrogens (tertiary/aromatic N) is 2. The molecule has 0 atom stereocenters. The Morgan fingerprint density at radius 1 is 1.47 bits per heavy atom. The summed E-state index contributed by atoms with van der Waals surface area (Å²) >= 11 is 0. The summed E-state index contributed by atoms with van der Waals surface area (Å²) in [7, 11) is 1.82. The van der Waals surface area contributed by atoms with Crippen LogP contribution in [0.2, 0.25) is 0 Å². The number of rotatable bonds is 4. The Hall–Kier alpha value is -2.37. The lowest BCUT2D eigenvalue weighted by molar-refractivity contribution is 0.0951. The predicted molar refractivity (Wildman–Crippen MR) is 67.3 cm³/mol. The van der Waals surface area contributed by atoms with Gasteiger partial charge in [0.05, 0.1) is 11.3 Å². The minimum Gasteiger partial charge on any atom is -0.507 e. The summed E-state index contributed by atoms with van der Waals surface area (Å²) in [6.45, 7) is 0.395. The first-order chi connectivity index (χ1) is 9.06. The smallest absolute Gasteiger partial charge is 0.255 e. The van der Waals surface area contributed by atoms with Gasteiger partial charge in [0.15, 0.2) is 0 Å². The van der Waals surface area contributed by atoms with Gasteiger partial charge in [-0.25, -0.2) is 4.39 Å². The molecule has 0 aliphatic rings. The summed E-state index contributed by atoms with van der Waals surface area (Å²) in [5, 5.41) is 16.3. The van der Waals surface area contributed by atoms with E-state index in [9.17, 15) is 14.3 Å². The van der Waals surface area contributed by atoms with Gasteiger partial charge in [-0.1, -0.05) is 0 Å². The summed E-state index contributed by atoms with van der Waals surface area (Å²) in [5.74, 6) is -1.38. The molecule has 5 nitrogen and oxygen atoms in total. The maximum absolute atomic E-state index is 12.8. The van der Waals surface area contributed by atoms with E-state index < -0.39 is 11.7 Å². The molecule has 2 aromatic rings. The number of aromatic hydroxyl groups is 1. The Morgan fingerprint density at radius 3 is 2.89 bits per heavy atom. The van der Waals surface area contributed by atoms with Crippen LogP contribution in [0.25, 0.3) is 0 Å². The van der Waals surface area contributed by atoms with Crippen LogP contribution in [0.3, 0.4) is 0 Å². The zero-order chi connectivity index (χ0) is 13.8. The molecule has 0 unspecified atom stereocenters. The largest absolute Gasteiger partial charge is 0.507 e. The van der Waals surface area contributed by atoms with Crippen LogP contribution in [-0.2, 0) is 13.5 Å². The van der Waals surface area contributed by atoms with Crippen LogP contribution in [0, 0.1) is 5.82 Å². The van der Waals surface area contributed by atoms with Gasteiger partial charge in [0.1, 0.15) is 11.6 Å². The second-order valence-corrected chi connectivity index (χ2v) is 4.15. The minimum atomic E-state index is -0.581. The van der Waals surface area contributed by atoms with E-state index >= 15 is 0 Å². The van der Waals surface area contributed by atoms with Gasteiger partial charge in [0, 0.05) is 32.3 Å². The fourth-order valence-corrected chi connectivity index (χ4v) is 1.69. The fourth-order valence-electron chi connectivity index (χ4n) is 1.69. The molecule has 100 valence electrons. The van der Waals surface area contributed by atoms with Crippen molar-refractivity contribution in [3.63, 3.8) is 0 Å². The molecule has 0 fully saturated rings. The summed E-state index contributed by atoms with van der Waals surface area (Å²) in [5.41, 5.74) is 0.925. The number of aromatic nitrogens is 2. The molecule has 6 heteroatoms. The number of hydrogen-bond acceptors (Lipinski definition) is 3. The van der Waals surface area contributed by atoms with Crippen molar-refractivity contribution in [2.75, 3.05) is 6.54 Å². The molecule has 0 aliphatic carbocycles. The average molecular weight is 263 g/mol. The third kappa shape index (κ3) is 3.31. The maximum atomic E-state index is 12.8. The molecule has 1 heterocycles. The van der Waals surface area contributed by atoms with Crippen molar-refractivity contribution in [3.05, 3.63) is 47.5 Å². The zero-order valence-corrected chi connectivity index (χ0v) is 10.4. The third-order valence-electron chi connectivity index (χ3n) is 2.64. The lowest BCUT2D eigenvalue weighted by Crippen LogP contribution is -2.25. The molecular weight excluding hydrogens is 249 g/mol. The maximum Gasteiger partial charge on any atom is 0.255 e. The number of halogens is 1. The summed E-state index contributed by atoms with van der Waals surface area (Å²) in [6, 6.07) is 5.16. The van der Waals surface area contributed by atoms with Gasteiger partial charge in [-0.15, -0.1) is 0 Å². The van der Waals surface area contributed by atoms with Crippen LogP contribution in [-0.4, -0.2) is 27.3 Å². The molecule has 0 saturated carbocycles. The Kier molecular flexibility index (Phi) is 3.79. The van der Waals surface area contributed by atoms with Gasteiger partial charge in [-0.2, -0.15) is 5.10 Å². The van der Waals surface area contributed by atoms with Gasteiger partial charge in [0.25, 0.3) is 5.91 Å². The van der Waals surface area contributed by atoms with E-state index in [0.717, 1.165) is 17.8 Å². The van der Waals surface area contributed by atoms with Gasteiger partial charge < -0.3 is 10.4 Å². The van der Waals surface area contributed by atoms with Crippen molar-refractivity contribution in [2.45, 2.75) is 6.42 Å². The molecule has 0 spiro atoms. The monoisotopic (exact) mass is 263 g/mol. The summed E-state index contributed by atoms with van der Waals surface area (Å²) < 4.78 is 14.5. The third-order valence-corrected chi connectivity index (χ3v) is 2.64. The van der Waals surface area contributed by atoms with Crippen LogP contribution in [0.5, 0.6) is 5.75 Å². The van der Waals surface area contributed by atoms with E-state index in [1.807, 2.05) is 19.3 Å². The summed E-state index contributed by atoms with van der Waals surface area (Å²) in [4.78, 5) is 11.8. The van der Waals surface area contributed by atoms with Crippen molar-refractivity contribution < 1.29 is 14.3 Å². The van der Waals surface area contributed by atoms with Gasteiger partial charge >= 0.3 is 0 Å². The highest BCUT2D eigenvalue weighted by Gasteiger charge is 2.11. The number of amides is 1. The highest BCUT2D eigenvalue weighted by atomic mass is 19.1. The molecular formula is C13H14FN3O2. The van der Waals surface area contributed by atoms with Crippen molar-refractivity contribution in [3.8, 4) is 5.75 Å². The van der Waals surface area contributed by atoms with Gasteiger partial charge in [0.2, 0.25) is 0 Å². The standard InChI is InChI=1S/C13H14FN3O2/c1-17-7-5-10(16-17)4-6-15-13(19)11-3-2-9(14)8-12(11)18/h2-3,5,7-8,18H,4,6H2,1H3,(H,15,19). The quantitative estimate of drug-likeness (QED) is 0.872. The Labute approximate surface area is 109 Å². The molecule has 2 N–H and O–H groups in total. The van der Waals surface area contributed by atoms with Gasteiger partial charge in [-0.05, 0) is 18.2 Å². The van der Waals surface area contributed by atoms with Crippen molar-refractivity contribution in [2.24, 2.45) is 7.05 Å². The zero-order valence-electron chi connectivity index (χ0n) is 10.4. The minimum absolute atomic E-state index is 0.0578. The molecule has 1 aromatic heterocycles. The number of benzene rings is 1. The predicted octanol–water partition coefficient (Wildman–Crippen LogP) is 1.24. The van der Waals surface area contributed by atoms with Crippen LogP contribution in [0.1, 0.15) is 16.1 Å². The van der Waals surface area contributed by atoms with Crippen LogP contribution >= 0.6 is 0 Å². The molecule has 1 aromatic carbocycles. The fraction of sp³-hybridized carbons (Fsp3) is 0.231. The first-order valence-electron chi connectivity index (χ1n) is 5.81. The first kappa shape index (κ1) is 13.1. The van der Waals surface area contributed by atoms with E-state index in [2.05, 4.69) is 10.4 Å². The molecule has 1 amide bonds. The Balaban J connectivity index is 1.90. The second-order valence-electron chi connectivity index (χ2n) is 4.15. The highest BCUT2D eigenvalue weighted by molar-refractivity contribution is 5.96. The van der Waals surface area contributed by atoms with Crippen molar-refractivity contribution >= 4 is 5.91 Å². The molecule has 19 heavy (non-hydrogen) atoms. The Bertz CT molecular complexity index is 595. The SMILES string of the molecule is Cn1ccc(CCNC(=O)c2ccc(F)cc2O)n1. The van der Waals surface area contributed by atoms with Crippen molar-refractivity contribution in [1.29, 1.82) is 0 Å². The first-order valence-corrected chi connectivity index (χ1v) is 5.81. The number of phenols is 1. The van der Waals surface area contributed by atoms with Gasteiger partial charge in [-0.3, -0.25) is 9.48 Å². The normalized spacial score (nSPS) is 10.4. The molecule has 0 bridgehead atoms. The molecule has 0 saturated heterocycles. The topological polar surface area (TPSA) is 67.2 Å². The van der Waals surface area contributed by atoms with Crippen LogP contribution < -0.4 is 5.32 Å². The number of carbonyl (C=O) groups excluding carboxylic acids is 1. The van der Waals surface area contributed by atoms with Crippen LogP contribution in [0.4, 0.5) is 4.39 Å². The molecule has 0 radical (unpaired) electrons. The Morgan fingerprint density at radius 2 is 2.26 bits per heavy atom. The average Bonchev–Trinajstić information content (AvgIpc) is 2.75. The van der Waals surface area contributed by atoms with Crippen molar-refractivity contribution in [1.82, 2.24) is 15.1 Å². The number of nitrogens with one attached hydrogen (secondary N) is 1. The lowest BCUT2D eigenvalue weighted by Gasteiger charge is -2.06. The lowest BCUT2D eigenvalue weighted by atomic mass is 10.2.